The second-order valence-electron chi connectivity index (χ2n) is 5.26. The Labute approximate surface area is 103 Å². The van der Waals surface area contributed by atoms with E-state index in [4.69, 9.17) is 0 Å². The van der Waals surface area contributed by atoms with Crippen LogP contribution in [0.25, 0.3) is 0 Å². The van der Waals surface area contributed by atoms with E-state index >= 15 is 0 Å². The summed E-state index contributed by atoms with van der Waals surface area (Å²) in [5, 5.41) is 3.44. The molecule has 3 rings (SSSR count). The Morgan fingerprint density at radius 1 is 1.24 bits per heavy atom. The summed E-state index contributed by atoms with van der Waals surface area (Å²) in [7, 11) is 0. The molecule has 1 aliphatic heterocycles. The summed E-state index contributed by atoms with van der Waals surface area (Å²) < 4.78 is 0. The summed E-state index contributed by atoms with van der Waals surface area (Å²) in [6.45, 7) is 4.62. The average Bonchev–Trinajstić information content (AvgIpc) is 3.22. The largest absolute Gasteiger partial charge is 0.314 e. The van der Waals surface area contributed by atoms with Gasteiger partial charge in [-0.1, -0.05) is 12.8 Å². The third kappa shape index (κ3) is 2.85. The highest BCUT2D eigenvalue weighted by Crippen LogP contribution is 2.39. The number of piperazine rings is 1. The molecule has 0 bridgehead atoms. The molecule has 1 saturated heterocycles. The zero-order valence-electron chi connectivity index (χ0n) is 10.3. The molecule has 1 aromatic heterocycles. The molecule has 1 atom stereocenters. The average molecular weight is 231 g/mol. The summed E-state index contributed by atoms with van der Waals surface area (Å²) in [5.74, 6) is 0.975. The molecule has 0 aromatic carbocycles. The van der Waals surface area contributed by atoms with Gasteiger partial charge in [0.25, 0.3) is 0 Å². The minimum atomic E-state index is 0.618. The van der Waals surface area contributed by atoms with Crippen LogP contribution in [-0.2, 0) is 0 Å². The van der Waals surface area contributed by atoms with Crippen molar-refractivity contribution >= 4 is 0 Å². The number of hydrogen-bond acceptors (Lipinski definition) is 3. The van der Waals surface area contributed by atoms with Crippen LogP contribution in [0, 0.1) is 5.92 Å². The normalized spacial score (nSPS) is 23.5. The van der Waals surface area contributed by atoms with Crippen molar-refractivity contribution in [2.24, 2.45) is 5.92 Å². The van der Waals surface area contributed by atoms with Gasteiger partial charge in [0.2, 0.25) is 0 Å². The first kappa shape index (κ1) is 11.2. The lowest BCUT2D eigenvalue weighted by Gasteiger charge is -2.35. The predicted molar refractivity (Wildman–Crippen MR) is 68.8 cm³/mol. The second kappa shape index (κ2) is 5.15. The first-order valence-electron chi connectivity index (χ1n) is 6.78. The van der Waals surface area contributed by atoms with Crippen molar-refractivity contribution in [2.75, 3.05) is 26.2 Å². The Morgan fingerprint density at radius 2 is 1.94 bits per heavy atom. The van der Waals surface area contributed by atoms with Crippen molar-refractivity contribution in [2.45, 2.75) is 25.3 Å². The van der Waals surface area contributed by atoms with E-state index in [0.29, 0.717) is 6.04 Å². The highest BCUT2D eigenvalue weighted by Gasteiger charge is 2.30. The highest BCUT2D eigenvalue weighted by molar-refractivity contribution is 5.16. The van der Waals surface area contributed by atoms with Crippen molar-refractivity contribution in [3.8, 4) is 0 Å². The third-order valence-electron chi connectivity index (χ3n) is 3.94. The van der Waals surface area contributed by atoms with E-state index in [2.05, 4.69) is 27.3 Å². The van der Waals surface area contributed by atoms with E-state index in [1.807, 2.05) is 12.4 Å². The lowest BCUT2D eigenvalue weighted by molar-refractivity contribution is 0.160. The van der Waals surface area contributed by atoms with Crippen molar-refractivity contribution in [3.05, 3.63) is 30.1 Å². The van der Waals surface area contributed by atoms with Crippen LogP contribution in [0.5, 0.6) is 0 Å². The van der Waals surface area contributed by atoms with Crippen molar-refractivity contribution in [1.82, 2.24) is 15.2 Å². The Kier molecular flexibility index (Phi) is 3.39. The summed E-state index contributed by atoms with van der Waals surface area (Å²) >= 11 is 0. The molecular weight excluding hydrogens is 210 g/mol. The molecule has 17 heavy (non-hydrogen) atoms. The molecule has 0 spiro atoms. The van der Waals surface area contributed by atoms with Gasteiger partial charge in [0.1, 0.15) is 0 Å². The summed E-state index contributed by atoms with van der Waals surface area (Å²) in [5.41, 5.74) is 1.45. The molecule has 0 unspecified atom stereocenters. The Morgan fingerprint density at radius 3 is 2.59 bits per heavy atom. The number of hydrogen-bond donors (Lipinski definition) is 1. The molecule has 3 heteroatoms. The molecule has 1 aliphatic carbocycles. The van der Waals surface area contributed by atoms with Crippen LogP contribution in [0.2, 0.25) is 0 Å². The standard InChI is InChI=1S/C14H21N3/c1-2-12(1)11-14(13-3-5-15-6-4-13)17-9-7-16-8-10-17/h3-6,12,14,16H,1-2,7-11H2/t14-/m0/s1. The van der Waals surface area contributed by atoms with Gasteiger partial charge in [0.05, 0.1) is 0 Å². The smallest absolute Gasteiger partial charge is 0.0352 e. The van der Waals surface area contributed by atoms with Crippen LogP contribution in [0.15, 0.2) is 24.5 Å². The third-order valence-corrected chi connectivity index (χ3v) is 3.94. The number of rotatable bonds is 4. The van der Waals surface area contributed by atoms with Crippen LogP contribution in [-0.4, -0.2) is 36.1 Å². The Balaban J connectivity index is 1.75. The highest BCUT2D eigenvalue weighted by atomic mass is 15.2. The van der Waals surface area contributed by atoms with E-state index < -0.39 is 0 Å². The van der Waals surface area contributed by atoms with Gasteiger partial charge in [0, 0.05) is 44.6 Å². The molecule has 3 nitrogen and oxygen atoms in total. The van der Waals surface area contributed by atoms with Crippen LogP contribution in [0.3, 0.4) is 0 Å². The lowest BCUT2D eigenvalue weighted by Crippen LogP contribution is -2.45. The molecule has 1 saturated carbocycles. The fourth-order valence-electron chi connectivity index (χ4n) is 2.74. The van der Waals surface area contributed by atoms with E-state index in [1.165, 1.54) is 37.9 Å². The molecule has 0 amide bonds. The van der Waals surface area contributed by atoms with E-state index in [-0.39, 0.29) is 0 Å². The van der Waals surface area contributed by atoms with E-state index in [0.717, 1.165) is 19.0 Å². The van der Waals surface area contributed by atoms with Crippen LogP contribution in [0.4, 0.5) is 0 Å². The van der Waals surface area contributed by atoms with Gasteiger partial charge < -0.3 is 5.32 Å². The van der Waals surface area contributed by atoms with Gasteiger partial charge in [-0.2, -0.15) is 0 Å². The number of aromatic nitrogens is 1. The van der Waals surface area contributed by atoms with Crippen molar-refractivity contribution in [3.63, 3.8) is 0 Å². The molecule has 1 aromatic rings. The van der Waals surface area contributed by atoms with Gasteiger partial charge in [-0.15, -0.1) is 0 Å². The first-order valence-corrected chi connectivity index (χ1v) is 6.78. The fraction of sp³-hybridized carbons (Fsp3) is 0.643. The molecule has 1 N–H and O–H groups in total. The molecule has 2 aliphatic rings. The van der Waals surface area contributed by atoms with Gasteiger partial charge in [-0.25, -0.2) is 0 Å². The maximum absolute atomic E-state index is 4.14. The second-order valence-corrected chi connectivity index (χ2v) is 5.26. The molecule has 2 fully saturated rings. The summed E-state index contributed by atoms with van der Waals surface area (Å²) in [4.78, 5) is 6.78. The van der Waals surface area contributed by atoms with Crippen LogP contribution in [0.1, 0.15) is 30.9 Å². The van der Waals surface area contributed by atoms with E-state index in [9.17, 15) is 0 Å². The summed E-state index contributed by atoms with van der Waals surface area (Å²) in [6.07, 6.45) is 8.07. The Hall–Kier alpha value is -0.930. The quantitative estimate of drug-likeness (QED) is 0.857. The maximum Gasteiger partial charge on any atom is 0.0352 e. The Bertz CT molecular complexity index is 342. The monoisotopic (exact) mass is 231 g/mol. The number of nitrogens with one attached hydrogen (secondary N) is 1. The number of nitrogens with zero attached hydrogens (tertiary/aromatic N) is 2. The SMILES string of the molecule is c1cc([C@H](CC2CC2)N2CCNCC2)ccn1. The van der Waals surface area contributed by atoms with Crippen LogP contribution >= 0.6 is 0 Å². The van der Waals surface area contributed by atoms with Gasteiger partial charge in [-0.05, 0) is 30.0 Å². The maximum atomic E-state index is 4.14. The molecule has 2 heterocycles. The van der Waals surface area contributed by atoms with E-state index in [1.54, 1.807) is 0 Å². The van der Waals surface area contributed by atoms with Gasteiger partial charge in [-0.3, -0.25) is 9.88 Å². The minimum absolute atomic E-state index is 0.618. The van der Waals surface area contributed by atoms with Crippen LogP contribution < -0.4 is 5.32 Å². The molecule has 92 valence electrons. The zero-order valence-corrected chi connectivity index (χ0v) is 10.3. The van der Waals surface area contributed by atoms with Gasteiger partial charge >= 0.3 is 0 Å². The topological polar surface area (TPSA) is 28.2 Å². The van der Waals surface area contributed by atoms with Crippen molar-refractivity contribution < 1.29 is 0 Å². The van der Waals surface area contributed by atoms with Crippen molar-refractivity contribution in [1.29, 1.82) is 0 Å². The fourth-order valence-corrected chi connectivity index (χ4v) is 2.74. The lowest BCUT2D eigenvalue weighted by atomic mass is 10.00. The number of pyridine rings is 1. The molecule has 0 radical (unpaired) electrons. The van der Waals surface area contributed by atoms with Gasteiger partial charge in [0.15, 0.2) is 0 Å². The minimum Gasteiger partial charge on any atom is -0.314 e. The molecular formula is C14H21N3. The zero-order chi connectivity index (χ0) is 11.5. The first-order chi connectivity index (χ1) is 8.43. The predicted octanol–water partition coefficient (Wildman–Crippen LogP) is 1.83. The summed E-state index contributed by atoms with van der Waals surface area (Å²) in [6, 6.07) is 5.00.